The monoisotopic (exact) mass is 369 g/mol. The van der Waals surface area contributed by atoms with Crippen LogP contribution in [0.2, 0.25) is 0 Å². The van der Waals surface area contributed by atoms with Gasteiger partial charge in [0.15, 0.2) is 0 Å². The number of piperidine rings is 1. The fourth-order valence-electron chi connectivity index (χ4n) is 3.42. The molecule has 138 valence electrons. The molecule has 2 fully saturated rings. The van der Waals surface area contributed by atoms with Crippen LogP contribution in [0.1, 0.15) is 32.6 Å². The van der Waals surface area contributed by atoms with Crippen LogP contribution in [0.15, 0.2) is 0 Å². The number of hydrogen-bond acceptors (Lipinski definition) is 4. The molecule has 5 nitrogen and oxygen atoms in total. The van der Waals surface area contributed by atoms with Crippen molar-refractivity contribution in [3.63, 3.8) is 0 Å². The minimum atomic E-state index is 0. The van der Waals surface area contributed by atoms with Gasteiger partial charge in [0.05, 0.1) is 6.61 Å². The average Bonchev–Trinajstić information content (AvgIpc) is 2.52. The van der Waals surface area contributed by atoms with Crippen LogP contribution >= 0.6 is 24.8 Å². The van der Waals surface area contributed by atoms with E-state index in [-0.39, 0.29) is 24.8 Å². The van der Waals surface area contributed by atoms with Crippen molar-refractivity contribution < 1.29 is 9.53 Å². The van der Waals surface area contributed by atoms with Crippen LogP contribution < -0.4 is 5.32 Å². The summed E-state index contributed by atoms with van der Waals surface area (Å²) in [6, 6.07) is 0.441. The van der Waals surface area contributed by atoms with Gasteiger partial charge in [-0.15, -0.1) is 24.8 Å². The predicted molar refractivity (Wildman–Crippen MR) is 98.8 cm³/mol. The lowest BCUT2D eigenvalue weighted by Crippen LogP contribution is -2.54. The Hall–Kier alpha value is -0.0700. The maximum absolute atomic E-state index is 12.4. The molecule has 0 bridgehead atoms. The quantitative estimate of drug-likeness (QED) is 0.774. The van der Waals surface area contributed by atoms with Crippen LogP contribution in [0.3, 0.4) is 0 Å². The summed E-state index contributed by atoms with van der Waals surface area (Å²) in [5, 5.41) is 3.38. The van der Waals surface area contributed by atoms with Crippen molar-refractivity contribution in [2.24, 2.45) is 5.92 Å². The molecule has 23 heavy (non-hydrogen) atoms. The lowest BCUT2D eigenvalue weighted by Gasteiger charge is -2.40. The summed E-state index contributed by atoms with van der Waals surface area (Å²) in [6.45, 7) is 8.91. The molecule has 0 aromatic heterocycles. The highest BCUT2D eigenvalue weighted by atomic mass is 35.5. The van der Waals surface area contributed by atoms with Gasteiger partial charge in [-0.25, -0.2) is 0 Å². The number of nitrogens with zero attached hydrogens (tertiary/aromatic N) is 2. The molecule has 7 heteroatoms. The van der Waals surface area contributed by atoms with Gasteiger partial charge in [-0.2, -0.15) is 0 Å². The second-order valence-corrected chi connectivity index (χ2v) is 6.45. The van der Waals surface area contributed by atoms with E-state index in [1.54, 1.807) is 7.11 Å². The van der Waals surface area contributed by atoms with Crippen LogP contribution in [-0.4, -0.2) is 74.7 Å². The minimum Gasteiger partial charge on any atom is -0.383 e. The summed E-state index contributed by atoms with van der Waals surface area (Å²) < 4.78 is 5.15. The van der Waals surface area contributed by atoms with Gasteiger partial charge in [0.25, 0.3) is 0 Å². The first-order valence-electron chi connectivity index (χ1n) is 8.42. The van der Waals surface area contributed by atoms with Crippen molar-refractivity contribution in [2.45, 2.75) is 38.6 Å². The highest BCUT2D eigenvalue weighted by Crippen LogP contribution is 2.19. The van der Waals surface area contributed by atoms with Crippen LogP contribution in [0, 0.1) is 5.92 Å². The number of carbonyl (C=O) groups is 1. The molecule has 1 amide bonds. The van der Waals surface area contributed by atoms with Gasteiger partial charge in [-0.3, -0.25) is 9.69 Å². The molecular formula is C16H33Cl2N3O2. The highest BCUT2D eigenvalue weighted by molar-refractivity contribution is 5.85. The fourth-order valence-corrected chi connectivity index (χ4v) is 3.42. The first-order valence-corrected chi connectivity index (χ1v) is 8.42. The maximum atomic E-state index is 12.4. The lowest BCUT2D eigenvalue weighted by molar-refractivity contribution is -0.134. The van der Waals surface area contributed by atoms with Crippen molar-refractivity contribution in [3.8, 4) is 0 Å². The molecule has 0 spiro atoms. The molecule has 1 N–H and O–H groups in total. The summed E-state index contributed by atoms with van der Waals surface area (Å²) >= 11 is 0. The summed E-state index contributed by atoms with van der Waals surface area (Å²) in [7, 11) is 1.74. The van der Waals surface area contributed by atoms with E-state index >= 15 is 0 Å². The number of halogens is 2. The first kappa shape index (κ1) is 22.9. The number of nitrogens with one attached hydrogen (secondary N) is 1. The van der Waals surface area contributed by atoms with E-state index in [1.807, 2.05) is 0 Å². The molecule has 1 atom stereocenters. The Morgan fingerprint density at radius 2 is 1.91 bits per heavy atom. The third kappa shape index (κ3) is 7.57. The number of ether oxygens (including phenoxy) is 1. The second-order valence-electron chi connectivity index (χ2n) is 6.45. The van der Waals surface area contributed by atoms with E-state index in [1.165, 1.54) is 12.8 Å². The smallest absolute Gasteiger partial charge is 0.222 e. The number of piperazine rings is 1. The van der Waals surface area contributed by atoms with Gasteiger partial charge >= 0.3 is 0 Å². The van der Waals surface area contributed by atoms with Crippen molar-refractivity contribution in [2.75, 3.05) is 53.0 Å². The molecular weight excluding hydrogens is 337 g/mol. The SMILES string of the molecule is COCCN1CCN(C(=O)CCC2CCNCC2)CC1C.Cl.Cl. The van der Waals surface area contributed by atoms with Gasteiger partial charge < -0.3 is 15.0 Å². The van der Waals surface area contributed by atoms with Gasteiger partial charge in [-0.05, 0) is 45.2 Å². The lowest BCUT2D eigenvalue weighted by atomic mass is 9.93. The Morgan fingerprint density at radius 3 is 2.52 bits per heavy atom. The van der Waals surface area contributed by atoms with Crippen molar-refractivity contribution in [3.05, 3.63) is 0 Å². The van der Waals surface area contributed by atoms with Gasteiger partial charge in [-0.1, -0.05) is 0 Å². The Balaban J connectivity index is 0.00000242. The molecule has 2 heterocycles. The third-order valence-corrected chi connectivity index (χ3v) is 4.93. The standard InChI is InChI=1S/C16H31N3O2.2ClH/c1-14-13-19(10-9-18(14)11-12-21-2)16(20)4-3-15-5-7-17-8-6-15;;/h14-15,17H,3-13H2,1-2H3;2*1H. The number of carbonyl (C=O) groups excluding carboxylic acids is 1. The molecule has 0 radical (unpaired) electrons. The molecule has 0 aromatic rings. The topological polar surface area (TPSA) is 44.8 Å². The van der Waals surface area contributed by atoms with E-state index in [2.05, 4.69) is 22.0 Å². The molecule has 2 saturated heterocycles. The van der Waals surface area contributed by atoms with Gasteiger partial charge in [0.1, 0.15) is 0 Å². The summed E-state index contributed by atoms with van der Waals surface area (Å²) in [6.07, 6.45) is 4.26. The van der Waals surface area contributed by atoms with Crippen molar-refractivity contribution in [1.29, 1.82) is 0 Å². The predicted octanol–water partition coefficient (Wildman–Crippen LogP) is 1.79. The Morgan fingerprint density at radius 1 is 1.22 bits per heavy atom. The molecule has 0 aromatic carbocycles. The Kier molecular flexibility index (Phi) is 12.3. The van der Waals surface area contributed by atoms with Crippen molar-refractivity contribution in [1.82, 2.24) is 15.1 Å². The Bertz CT molecular complexity index is 328. The largest absolute Gasteiger partial charge is 0.383 e. The van der Waals surface area contributed by atoms with Crippen LogP contribution in [0.4, 0.5) is 0 Å². The molecule has 0 saturated carbocycles. The van der Waals surface area contributed by atoms with Crippen LogP contribution in [0.25, 0.3) is 0 Å². The minimum absolute atomic E-state index is 0. The van der Waals surface area contributed by atoms with E-state index in [4.69, 9.17) is 4.74 Å². The molecule has 0 aliphatic carbocycles. The number of hydrogen-bond donors (Lipinski definition) is 1. The Labute approximate surface area is 153 Å². The van der Waals surface area contributed by atoms with E-state index < -0.39 is 0 Å². The van der Waals surface area contributed by atoms with E-state index in [0.717, 1.165) is 64.6 Å². The first-order chi connectivity index (χ1) is 10.2. The second kappa shape index (κ2) is 12.3. The normalized spacial score (nSPS) is 23.0. The maximum Gasteiger partial charge on any atom is 0.222 e. The summed E-state index contributed by atoms with van der Waals surface area (Å²) in [5.74, 6) is 1.10. The fraction of sp³-hybridized carbons (Fsp3) is 0.938. The highest BCUT2D eigenvalue weighted by Gasteiger charge is 2.26. The number of rotatable bonds is 6. The van der Waals surface area contributed by atoms with Crippen molar-refractivity contribution >= 4 is 30.7 Å². The average molecular weight is 370 g/mol. The van der Waals surface area contributed by atoms with Crippen LogP contribution in [-0.2, 0) is 9.53 Å². The zero-order valence-electron chi connectivity index (χ0n) is 14.5. The van der Waals surface area contributed by atoms with E-state index in [0.29, 0.717) is 11.9 Å². The molecule has 2 rings (SSSR count). The number of amides is 1. The summed E-state index contributed by atoms with van der Waals surface area (Å²) in [4.78, 5) is 16.9. The zero-order valence-corrected chi connectivity index (χ0v) is 16.1. The molecule has 2 aliphatic rings. The molecule has 2 aliphatic heterocycles. The van der Waals surface area contributed by atoms with Gasteiger partial charge in [0, 0.05) is 45.8 Å². The van der Waals surface area contributed by atoms with E-state index in [9.17, 15) is 4.79 Å². The number of methoxy groups -OCH3 is 1. The van der Waals surface area contributed by atoms with Gasteiger partial charge in [0.2, 0.25) is 5.91 Å². The zero-order chi connectivity index (χ0) is 15.1. The third-order valence-electron chi connectivity index (χ3n) is 4.93. The molecule has 1 unspecified atom stereocenters. The van der Waals surface area contributed by atoms with Crippen LogP contribution in [0.5, 0.6) is 0 Å². The summed E-state index contributed by atoms with van der Waals surface area (Å²) in [5.41, 5.74) is 0.